The van der Waals surface area contributed by atoms with E-state index >= 15 is 0 Å². The van der Waals surface area contributed by atoms with E-state index in [9.17, 15) is 14.4 Å². The van der Waals surface area contributed by atoms with Crippen molar-refractivity contribution in [2.24, 2.45) is 0 Å². The number of nitrogens with zero attached hydrogens (tertiary/aromatic N) is 2. The molecule has 0 aliphatic carbocycles. The Hall–Kier alpha value is -2.64. The molecule has 0 aliphatic heterocycles. The molecule has 1 aromatic heterocycles. The molecule has 0 aromatic carbocycles. The van der Waals surface area contributed by atoms with Crippen molar-refractivity contribution in [1.82, 2.24) is 15.2 Å². The predicted molar refractivity (Wildman–Crippen MR) is 66.9 cm³/mol. The van der Waals surface area contributed by atoms with Crippen LogP contribution in [0.2, 0.25) is 0 Å². The van der Waals surface area contributed by atoms with Gasteiger partial charge in [-0.05, 0) is 12.1 Å². The van der Waals surface area contributed by atoms with Gasteiger partial charge in [0.1, 0.15) is 12.2 Å². The maximum absolute atomic E-state index is 11.7. The zero-order chi connectivity index (χ0) is 14.4. The third kappa shape index (κ3) is 4.26. The van der Waals surface area contributed by atoms with Crippen molar-refractivity contribution < 1.29 is 19.5 Å². The number of nitrogens with one attached hydrogen (secondary N) is 2. The number of carboxylic acids is 1. The number of hydrogen-bond donors (Lipinski definition) is 3. The lowest BCUT2D eigenvalue weighted by Crippen LogP contribution is -2.39. The number of amides is 3. The molecule has 0 saturated heterocycles. The number of urea groups is 1. The lowest BCUT2D eigenvalue weighted by Gasteiger charge is -2.16. The molecule has 0 saturated carbocycles. The van der Waals surface area contributed by atoms with E-state index in [1.54, 1.807) is 0 Å². The molecule has 0 fully saturated rings. The largest absolute Gasteiger partial charge is 0.477 e. The van der Waals surface area contributed by atoms with Crippen molar-refractivity contribution in [3.05, 3.63) is 24.0 Å². The van der Waals surface area contributed by atoms with Crippen LogP contribution in [-0.4, -0.2) is 53.5 Å². The predicted octanol–water partition coefficient (Wildman–Crippen LogP) is -0.0105. The number of anilines is 1. The molecular weight excluding hydrogens is 252 g/mol. The topological polar surface area (TPSA) is 112 Å². The van der Waals surface area contributed by atoms with Gasteiger partial charge in [0.25, 0.3) is 0 Å². The molecule has 0 unspecified atom stereocenters. The standard InChI is InChI=1S/C11H14N4O4/c1-12-9(16)6-15(2)11(19)14-7-3-4-8(10(17)18)13-5-7/h3-5H,6H2,1-2H3,(H,12,16)(H,14,19)(H,17,18). The fourth-order valence-corrected chi connectivity index (χ4v) is 1.18. The first kappa shape index (κ1) is 14.4. The van der Waals surface area contributed by atoms with E-state index in [0.29, 0.717) is 5.69 Å². The fourth-order valence-electron chi connectivity index (χ4n) is 1.18. The van der Waals surface area contributed by atoms with Crippen LogP contribution < -0.4 is 10.6 Å². The first-order chi connectivity index (χ1) is 8.93. The maximum Gasteiger partial charge on any atom is 0.354 e. The third-order valence-corrected chi connectivity index (χ3v) is 2.24. The van der Waals surface area contributed by atoms with Crippen LogP contribution in [0.15, 0.2) is 18.3 Å². The summed E-state index contributed by atoms with van der Waals surface area (Å²) in [5.41, 5.74) is 0.232. The van der Waals surface area contributed by atoms with E-state index in [0.717, 1.165) is 0 Å². The number of carboxylic acid groups (broad SMARTS) is 1. The second-order valence-electron chi connectivity index (χ2n) is 3.70. The highest BCUT2D eigenvalue weighted by Crippen LogP contribution is 2.07. The molecule has 102 valence electrons. The van der Waals surface area contributed by atoms with E-state index < -0.39 is 12.0 Å². The molecule has 3 N–H and O–H groups in total. The normalized spacial score (nSPS) is 9.58. The summed E-state index contributed by atoms with van der Waals surface area (Å²) in [6.07, 6.45) is 1.23. The Bertz CT molecular complexity index is 486. The summed E-state index contributed by atoms with van der Waals surface area (Å²) in [6, 6.07) is 2.20. The number of rotatable bonds is 4. The van der Waals surface area contributed by atoms with E-state index in [1.165, 1.54) is 37.3 Å². The minimum Gasteiger partial charge on any atom is -0.477 e. The van der Waals surface area contributed by atoms with Gasteiger partial charge in [-0.15, -0.1) is 0 Å². The minimum absolute atomic E-state index is 0.0804. The van der Waals surface area contributed by atoms with Crippen LogP contribution in [0.4, 0.5) is 10.5 Å². The van der Waals surface area contributed by atoms with Crippen molar-refractivity contribution in [3.8, 4) is 0 Å². The summed E-state index contributed by atoms with van der Waals surface area (Å²) in [7, 11) is 2.94. The molecule has 1 aromatic rings. The summed E-state index contributed by atoms with van der Waals surface area (Å²) in [5.74, 6) is -1.44. The van der Waals surface area contributed by atoms with Crippen LogP contribution in [0.3, 0.4) is 0 Å². The molecule has 0 bridgehead atoms. The van der Waals surface area contributed by atoms with Crippen LogP contribution in [-0.2, 0) is 4.79 Å². The van der Waals surface area contributed by atoms with Gasteiger partial charge in [0, 0.05) is 14.1 Å². The average molecular weight is 266 g/mol. The highest BCUT2D eigenvalue weighted by Gasteiger charge is 2.12. The van der Waals surface area contributed by atoms with E-state index in [-0.39, 0.29) is 18.1 Å². The first-order valence-electron chi connectivity index (χ1n) is 5.36. The van der Waals surface area contributed by atoms with Gasteiger partial charge >= 0.3 is 12.0 Å². The minimum atomic E-state index is -1.14. The summed E-state index contributed by atoms with van der Waals surface area (Å²) < 4.78 is 0. The zero-order valence-electron chi connectivity index (χ0n) is 10.5. The lowest BCUT2D eigenvalue weighted by molar-refractivity contribution is -0.120. The molecule has 0 spiro atoms. The molecule has 8 heteroatoms. The second-order valence-corrected chi connectivity index (χ2v) is 3.70. The van der Waals surface area contributed by atoms with Gasteiger partial charge < -0.3 is 20.6 Å². The molecular formula is C11H14N4O4. The molecule has 1 heterocycles. The van der Waals surface area contributed by atoms with Gasteiger partial charge in [-0.1, -0.05) is 0 Å². The Kier molecular flexibility index (Phi) is 4.81. The Morgan fingerprint density at radius 3 is 2.53 bits per heavy atom. The van der Waals surface area contributed by atoms with Gasteiger partial charge in [-0.25, -0.2) is 14.6 Å². The molecule has 3 amide bonds. The average Bonchev–Trinajstić information content (AvgIpc) is 2.38. The first-order valence-corrected chi connectivity index (χ1v) is 5.36. The van der Waals surface area contributed by atoms with Gasteiger partial charge in [0.15, 0.2) is 0 Å². The number of pyridine rings is 1. The van der Waals surface area contributed by atoms with Gasteiger partial charge in [0.05, 0.1) is 11.9 Å². The van der Waals surface area contributed by atoms with Crippen LogP contribution in [0.5, 0.6) is 0 Å². The molecule has 8 nitrogen and oxygen atoms in total. The van der Waals surface area contributed by atoms with Crippen molar-refractivity contribution >= 4 is 23.6 Å². The van der Waals surface area contributed by atoms with Crippen LogP contribution in [0.25, 0.3) is 0 Å². The molecule has 0 aliphatic rings. The molecule has 0 atom stereocenters. The molecule has 0 radical (unpaired) electrons. The van der Waals surface area contributed by atoms with Crippen LogP contribution in [0, 0.1) is 0 Å². The number of hydrogen-bond acceptors (Lipinski definition) is 4. The molecule has 19 heavy (non-hydrogen) atoms. The number of carbonyl (C=O) groups is 3. The van der Waals surface area contributed by atoms with E-state index in [1.807, 2.05) is 0 Å². The number of aromatic carboxylic acids is 1. The van der Waals surface area contributed by atoms with Crippen molar-refractivity contribution in [3.63, 3.8) is 0 Å². The Morgan fingerprint density at radius 1 is 1.37 bits per heavy atom. The highest BCUT2D eigenvalue weighted by atomic mass is 16.4. The van der Waals surface area contributed by atoms with Crippen LogP contribution >= 0.6 is 0 Å². The SMILES string of the molecule is CNC(=O)CN(C)C(=O)Nc1ccc(C(=O)O)nc1. The Balaban J connectivity index is 2.61. The van der Waals surface area contributed by atoms with E-state index in [4.69, 9.17) is 5.11 Å². The van der Waals surface area contributed by atoms with Gasteiger partial charge in [-0.3, -0.25) is 4.79 Å². The van der Waals surface area contributed by atoms with Crippen LogP contribution in [0.1, 0.15) is 10.5 Å². The number of likely N-dealkylation sites (N-methyl/N-ethyl adjacent to an activating group) is 2. The fraction of sp³-hybridized carbons (Fsp3) is 0.273. The summed E-state index contributed by atoms with van der Waals surface area (Å²) in [5, 5.41) is 13.6. The third-order valence-electron chi connectivity index (χ3n) is 2.24. The maximum atomic E-state index is 11.7. The second kappa shape index (κ2) is 6.34. The quantitative estimate of drug-likeness (QED) is 0.709. The zero-order valence-corrected chi connectivity index (χ0v) is 10.5. The smallest absolute Gasteiger partial charge is 0.354 e. The van der Waals surface area contributed by atoms with Crippen molar-refractivity contribution in [2.75, 3.05) is 26.0 Å². The van der Waals surface area contributed by atoms with E-state index in [2.05, 4.69) is 15.6 Å². The Morgan fingerprint density at radius 2 is 2.05 bits per heavy atom. The van der Waals surface area contributed by atoms with Crippen molar-refractivity contribution in [1.29, 1.82) is 0 Å². The number of aromatic nitrogens is 1. The van der Waals surface area contributed by atoms with Crippen molar-refractivity contribution in [2.45, 2.75) is 0 Å². The number of carbonyl (C=O) groups excluding carboxylic acids is 2. The summed E-state index contributed by atoms with van der Waals surface area (Å²) in [6.45, 7) is -0.0804. The summed E-state index contributed by atoms with van der Waals surface area (Å²) >= 11 is 0. The monoisotopic (exact) mass is 266 g/mol. The lowest BCUT2D eigenvalue weighted by atomic mass is 10.3. The van der Waals surface area contributed by atoms with Gasteiger partial charge in [-0.2, -0.15) is 0 Å². The highest BCUT2D eigenvalue weighted by molar-refractivity contribution is 5.92. The summed E-state index contributed by atoms with van der Waals surface area (Å²) in [4.78, 5) is 38.2. The van der Waals surface area contributed by atoms with Gasteiger partial charge in [0.2, 0.25) is 5.91 Å². The Labute approximate surface area is 109 Å². The molecule has 1 rings (SSSR count).